The summed E-state index contributed by atoms with van der Waals surface area (Å²) >= 11 is 0. The Bertz CT molecular complexity index is 482. The number of rotatable bonds is 8. The molecule has 0 aliphatic rings. The van der Waals surface area contributed by atoms with E-state index in [0.29, 0.717) is 6.42 Å². The first kappa shape index (κ1) is 19.2. The first-order valence-electron chi connectivity index (χ1n) is 7.62. The average molecular weight is 321 g/mol. The molecule has 0 aromatic heterocycles. The summed E-state index contributed by atoms with van der Waals surface area (Å²) in [6.07, 6.45) is 1.39. The molecule has 0 radical (unpaired) electrons. The first-order valence-corrected chi connectivity index (χ1v) is 7.62. The molecule has 1 N–H and O–H groups in total. The van der Waals surface area contributed by atoms with Gasteiger partial charge in [0.25, 0.3) is 0 Å². The maximum absolute atomic E-state index is 12.1. The highest BCUT2D eigenvalue weighted by Gasteiger charge is 2.25. The first-order chi connectivity index (χ1) is 10.9. The van der Waals surface area contributed by atoms with E-state index < -0.39 is 11.7 Å². The number of nitrogens with one attached hydrogen (secondary N) is 1. The van der Waals surface area contributed by atoms with Gasteiger partial charge in [-0.3, -0.25) is 0 Å². The van der Waals surface area contributed by atoms with Gasteiger partial charge in [-0.25, -0.2) is 4.79 Å². The molecule has 0 aliphatic carbocycles. The smallest absolute Gasteiger partial charge is 0.407 e. The lowest BCUT2D eigenvalue weighted by Gasteiger charge is -2.27. The molecule has 0 unspecified atom stereocenters. The Kier molecular flexibility index (Phi) is 7.78. The van der Waals surface area contributed by atoms with Crippen LogP contribution in [0, 0.1) is 0 Å². The second-order valence-corrected chi connectivity index (χ2v) is 6.22. The summed E-state index contributed by atoms with van der Waals surface area (Å²) < 4.78 is 15.9. The van der Waals surface area contributed by atoms with Crippen LogP contribution in [0.2, 0.25) is 0 Å². The fourth-order valence-corrected chi connectivity index (χ4v) is 2.07. The largest absolute Gasteiger partial charge is 0.444 e. The Hall–Kier alpha value is -1.85. The van der Waals surface area contributed by atoms with Crippen molar-refractivity contribution in [1.29, 1.82) is 0 Å². The molecular formula is C18H27NO4. The van der Waals surface area contributed by atoms with Crippen LogP contribution in [-0.2, 0) is 20.6 Å². The number of methoxy groups -OCH3 is 1. The highest BCUT2D eigenvalue weighted by Crippen LogP contribution is 2.12. The summed E-state index contributed by atoms with van der Waals surface area (Å²) in [5.74, 6) is 0. The van der Waals surface area contributed by atoms with Gasteiger partial charge in [-0.1, -0.05) is 36.4 Å². The Labute approximate surface area is 138 Å². The van der Waals surface area contributed by atoms with Crippen molar-refractivity contribution in [2.24, 2.45) is 0 Å². The van der Waals surface area contributed by atoms with E-state index in [-0.39, 0.29) is 18.9 Å². The van der Waals surface area contributed by atoms with Gasteiger partial charge in [0.2, 0.25) is 0 Å². The molecule has 0 saturated carbocycles. The Balaban J connectivity index is 2.82. The third-order valence-electron chi connectivity index (χ3n) is 3.01. The summed E-state index contributed by atoms with van der Waals surface area (Å²) in [5.41, 5.74) is 0.528. The zero-order valence-electron chi connectivity index (χ0n) is 14.4. The van der Waals surface area contributed by atoms with E-state index in [9.17, 15) is 4.79 Å². The highest BCUT2D eigenvalue weighted by atomic mass is 16.7. The van der Waals surface area contributed by atoms with Crippen LogP contribution in [-0.4, -0.2) is 37.7 Å². The summed E-state index contributed by atoms with van der Waals surface area (Å²) in [7, 11) is 1.55. The van der Waals surface area contributed by atoms with Gasteiger partial charge >= 0.3 is 6.09 Å². The fourth-order valence-electron chi connectivity index (χ4n) is 2.07. The second kappa shape index (κ2) is 9.33. The van der Waals surface area contributed by atoms with Crippen LogP contribution in [0.1, 0.15) is 26.3 Å². The Morgan fingerprint density at radius 2 is 1.96 bits per heavy atom. The van der Waals surface area contributed by atoms with Crippen molar-refractivity contribution >= 4 is 6.09 Å². The fraction of sp³-hybridized carbons (Fsp3) is 0.500. The molecule has 5 heteroatoms. The van der Waals surface area contributed by atoms with Crippen LogP contribution in [0.15, 0.2) is 43.0 Å². The Morgan fingerprint density at radius 3 is 2.48 bits per heavy atom. The molecule has 0 saturated heterocycles. The van der Waals surface area contributed by atoms with E-state index in [4.69, 9.17) is 14.2 Å². The van der Waals surface area contributed by atoms with Crippen LogP contribution in [0.3, 0.4) is 0 Å². The topological polar surface area (TPSA) is 56.8 Å². The zero-order valence-corrected chi connectivity index (χ0v) is 14.4. The van der Waals surface area contributed by atoms with Gasteiger partial charge in [-0.2, -0.15) is 0 Å². The van der Waals surface area contributed by atoms with E-state index in [1.807, 2.05) is 51.1 Å². The Morgan fingerprint density at radius 1 is 1.30 bits per heavy atom. The highest BCUT2D eigenvalue weighted by molar-refractivity contribution is 5.68. The van der Waals surface area contributed by atoms with Crippen molar-refractivity contribution in [1.82, 2.24) is 5.32 Å². The number of carbonyl (C=O) groups is 1. The molecule has 2 atom stereocenters. The summed E-state index contributed by atoms with van der Waals surface area (Å²) in [6, 6.07) is 9.56. The molecule has 5 nitrogen and oxygen atoms in total. The third-order valence-corrected chi connectivity index (χ3v) is 3.01. The van der Waals surface area contributed by atoms with Gasteiger partial charge in [0.15, 0.2) is 0 Å². The predicted molar refractivity (Wildman–Crippen MR) is 90.2 cm³/mol. The number of ether oxygens (including phenoxy) is 3. The van der Waals surface area contributed by atoms with Crippen molar-refractivity contribution in [2.45, 2.75) is 44.9 Å². The summed E-state index contributed by atoms with van der Waals surface area (Å²) in [6.45, 7) is 9.38. The monoisotopic (exact) mass is 321 g/mol. The maximum atomic E-state index is 12.1. The van der Waals surface area contributed by atoms with E-state index in [1.54, 1.807) is 13.2 Å². The molecule has 1 rings (SSSR count). The standard InChI is InChI=1S/C18H27NO4/c1-6-16(22-13-21-5)15(12-14-10-8-7-9-11-14)19-17(20)23-18(2,3)4/h6-11,15-16H,1,12-13H2,2-5H3,(H,19,20)/t15-,16+/m0/s1. The molecule has 0 heterocycles. The number of hydrogen-bond donors (Lipinski definition) is 1. The second-order valence-electron chi connectivity index (χ2n) is 6.22. The molecule has 128 valence electrons. The minimum absolute atomic E-state index is 0.123. The number of carbonyl (C=O) groups excluding carboxylic acids is 1. The van der Waals surface area contributed by atoms with Gasteiger partial charge in [-0.05, 0) is 32.8 Å². The minimum atomic E-state index is -0.557. The molecule has 0 spiro atoms. The van der Waals surface area contributed by atoms with E-state index in [0.717, 1.165) is 5.56 Å². The maximum Gasteiger partial charge on any atom is 0.407 e. The van der Waals surface area contributed by atoms with Crippen molar-refractivity contribution < 1.29 is 19.0 Å². The molecule has 23 heavy (non-hydrogen) atoms. The van der Waals surface area contributed by atoms with Gasteiger partial charge in [0.1, 0.15) is 12.4 Å². The summed E-state index contributed by atoms with van der Waals surface area (Å²) in [5, 5.41) is 2.87. The quantitative estimate of drug-likeness (QED) is 0.589. The van der Waals surface area contributed by atoms with Gasteiger partial charge in [-0.15, -0.1) is 6.58 Å². The van der Waals surface area contributed by atoms with Crippen LogP contribution in [0.25, 0.3) is 0 Å². The molecule has 0 aliphatic heterocycles. The van der Waals surface area contributed by atoms with E-state index in [2.05, 4.69) is 11.9 Å². The van der Waals surface area contributed by atoms with Crippen molar-refractivity contribution in [3.8, 4) is 0 Å². The summed E-state index contributed by atoms with van der Waals surface area (Å²) in [4.78, 5) is 12.1. The lowest BCUT2D eigenvalue weighted by molar-refractivity contribution is -0.0663. The lowest BCUT2D eigenvalue weighted by atomic mass is 10.0. The van der Waals surface area contributed by atoms with Gasteiger partial charge < -0.3 is 19.5 Å². The van der Waals surface area contributed by atoms with Gasteiger partial charge in [0.05, 0.1) is 12.1 Å². The molecule has 0 fully saturated rings. The van der Waals surface area contributed by atoms with Crippen LogP contribution >= 0.6 is 0 Å². The molecule has 1 aromatic rings. The van der Waals surface area contributed by atoms with Crippen molar-refractivity contribution in [2.75, 3.05) is 13.9 Å². The molecule has 1 aromatic carbocycles. The SMILES string of the molecule is C=C[C@@H](OCOC)[C@H](Cc1ccccc1)NC(=O)OC(C)(C)C. The minimum Gasteiger partial charge on any atom is -0.444 e. The van der Waals surface area contributed by atoms with Crippen LogP contribution in [0.5, 0.6) is 0 Å². The molecular weight excluding hydrogens is 294 g/mol. The number of amides is 1. The van der Waals surface area contributed by atoms with Gasteiger partial charge in [0, 0.05) is 7.11 Å². The number of benzene rings is 1. The van der Waals surface area contributed by atoms with Crippen LogP contribution in [0.4, 0.5) is 4.79 Å². The molecule has 0 bridgehead atoms. The number of hydrogen-bond acceptors (Lipinski definition) is 4. The lowest BCUT2D eigenvalue weighted by Crippen LogP contribution is -2.47. The van der Waals surface area contributed by atoms with E-state index >= 15 is 0 Å². The van der Waals surface area contributed by atoms with E-state index in [1.165, 1.54) is 0 Å². The van der Waals surface area contributed by atoms with Crippen molar-refractivity contribution in [3.05, 3.63) is 48.6 Å². The van der Waals surface area contributed by atoms with Crippen LogP contribution < -0.4 is 5.32 Å². The third kappa shape index (κ3) is 7.81. The predicted octanol–water partition coefficient (Wildman–Crippen LogP) is 3.30. The molecule has 1 amide bonds. The average Bonchev–Trinajstić information content (AvgIpc) is 2.47. The normalized spacial score (nSPS) is 13.9. The van der Waals surface area contributed by atoms with Crippen molar-refractivity contribution in [3.63, 3.8) is 0 Å². The zero-order chi connectivity index (χ0) is 17.3. The number of alkyl carbamates (subject to hydrolysis) is 1.